The molecule has 4 nitrogen and oxygen atoms in total. The fourth-order valence-corrected chi connectivity index (χ4v) is 3.01. The van der Waals surface area contributed by atoms with Crippen molar-refractivity contribution in [1.29, 1.82) is 0 Å². The van der Waals surface area contributed by atoms with Crippen molar-refractivity contribution < 1.29 is 9.28 Å². The molecule has 1 aliphatic heterocycles. The molecular formula is C15H32N3O+. The summed E-state index contributed by atoms with van der Waals surface area (Å²) in [4.78, 5) is 14.5. The average molecular weight is 270 g/mol. The van der Waals surface area contributed by atoms with Gasteiger partial charge in [-0.3, -0.25) is 4.79 Å². The molecule has 0 aromatic rings. The molecule has 1 amide bonds. The maximum Gasteiger partial charge on any atom is 0.278 e. The zero-order valence-corrected chi connectivity index (χ0v) is 13.6. The highest BCUT2D eigenvalue weighted by atomic mass is 16.2. The molecule has 1 N–H and O–H groups in total. The van der Waals surface area contributed by atoms with Crippen molar-refractivity contribution in [1.82, 2.24) is 10.2 Å². The van der Waals surface area contributed by atoms with Gasteiger partial charge in [0.15, 0.2) is 6.54 Å². The number of rotatable bonds is 6. The summed E-state index contributed by atoms with van der Waals surface area (Å²) in [5.41, 5.74) is 0. The zero-order valence-electron chi connectivity index (χ0n) is 13.6. The number of carbonyl (C=O) groups excluding carboxylic acids is 1. The first-order chi connectivity index (χ1) is 8.80. The van der Waals surface area contributed by atoms with Gasteiger partial charge in [-0.1, -0.05) is 13.8 Å². The molecule has 3 atom stereocenters. The summed E-state index contributed by atoms with van der Waals surface area (Å²) in [5.74, 6) is 0.982. The Morgan fingerprint density at radius 3 is 2.53 bits per heavy atom. The number of amides is 1. The number of quaternary nitrogens is 1. The number of hydrogen-bond donors (Lipinski definition) is 1. The van der Waals surface area contributed by atoms with Crippen LogP contribution in [-0.4, -0.2) is 67.6 Å². The third-order valence-electron chi connectivity index (χ3n) is 4.54. The molecule has 0 aromatic heterocycles. The van der Waals surface area contributed by atoms with E-state index in [4.69, 9.17) is 0 Å². The van der Waals surface area contributed by atoms with Crippen LogP contribution in [0.5, 0.6) is 0 Å². The van der Waals surface area contributed by atoms with Gasteiger partial charge in [0.25, 0.3) is 5.91 Å². The molecule has 0 aliphatic carbocycles. The third-order valence-corrected chi connectivity index (χ3v) is 4.54. The van der Waals surface area contributed by atoms with E-state index in [1.165, 1.54) is 0 Å². The Kier molecular flexibility index (Phi) is 5.81. The minimum Gasteiger partial charge on any atom is -0.329 e. The van der Waals surface area contributed by atoms with Crippen LogP contribution in [0.3, 0.4) is 0 Å². The molecule has 19 heavy (non-hydrogen) atoms. The van der Waals surface area contributed by atoms with Crippen LogP contribution < -0.4 is 5.32 Å². The molecule has 1 heterocycles. The van der Waals surface area contributed by atoms with Gasteiger partial charge in [0.05, 0.1) is 25.7 Å². The predicted molar refractivity (Wildman–Crippen MR) is 79.9 cm³/mol. The number of piperazine rings is 1. The van der Waals surface area contributed by atoms with Crippen molar-refractivity contribution in [2.75, 3.05) is 40.3 Å². The first-order valence-electron chi connectivity index (χ1n) is 7.58. The largest absolute Gasteiger partial charge is 0.329 e. The van der Waals surface area contributed by atoms with Crippen molar-refractivity contribution in [2.24, 2.45) is 5.92 Å². The lowest BCUT2D eigenvalue weighted by atomic mass is 10.0. The number of hydrogen-bond acceptors (Lipinski definition) is 2. The highest BCUT2D eigenvalue weighted by Crippen LogP contribution is 2.21. The van der Waals surface area contributed by atoms with Crippen LogP contribution in [0.15, 0.2) is 0 Å². The van der Waals surface area contributed by atoms with Gasteiger partial charge in [-0.15, -0.1) is 0 Å². The Morgan fingerprint density at radius 2 is 2.05 bits per heavy atom. The summed E-state index contributed by atoms with van der Waals surface area (Å²) in [7, 11) is 4.20. The second-order valence-corrected chi connectivity index (χ2v) is 6.85. The maximum atomic E-state index is 12.4. The predicted octanol–water partition coefficient (Wildman–Crippen LogP) is 1.32. The highest BCUT2D eigenvalue weighted by molar-refractivity contribution is 5.78. The normalized spacial score (nSPS) is 29.9. The molecule has 1 aliphatic rings. The summed E-state index contributed by atoms with van der Waals surface area (Å²) in [6.45, 7) is 12.4. The van der Waals surface area contributed by atoms with E-state index >= 15 is 0 Å². The lowest BCUT2D eigenvalue weighted by Gasteiger charge is -2.48. The SMILES string of the molecule is CNCC(C)[N+]1(C)CC(=O)N(CCC(C)C)C(C)C1. The van der Waals surface area contributed by atoms with Gasteiger partial charge < -0.3 is 14.7 Å². The first kappa shape index (κ1) is 16.4. The minimum absolute atomic E-state index is 0.324. The van der Waals surface area contributed by atoms with E-state index in [9.17, 15) is 4.79 Å². The molecule has 112 valence electrons. The molecule has 0 saturated carbocycles. The molecule has 0 aromatic carbocycles. The third kappa shape index (κ3) is 4.18. The van der Waals surface area contributed by atoms with Gasteiger partial charge in [-0.05, 0) is 33.2 Å². The van der Waals surface area contributed by atoms with Crippen LogP contribution in [0.25, 0.3) is 0 Å². The Balaban J connectivity index is 2.67. The van der Waals surface area contributed by atoms with E-state index in [2.05, 4.69) is 45.0 Å². The summed E-state index contributed by atoms with van der Waals surface area (Å²) in [6.07, 6.45) is 1.10. The van der Waals surface area contributed by atoms with E-state index in [1.54, 1.807) is 0 Å². The van der Waals surface area contributed by atoms with Gasteiger partial charge in [-0.25, -0.2) is 0 Å². The minimum atomic E-state index is 0.324. The number of likely N-dealkylation sites (N-methyl/N-ethyl adjacent to an activating group) is 2. The van der Waals surface area contributed by atoms with Crippen LogP contribution in [0.1, 0.15) is 34.1 Å². The van der Waals surface area contributed by atoms with Crippen molar-refractivity contribution in [2.45, 2.75) is 46.2 Å². The zero-order chi connectivity index (χ0) is 14.6. The molecule has 1 saturated heterocycles. The van der Waals surface area contributed by atoms with Crippen molar-refractivity contribution in [3.8, 4) is 0 Å². The second-order valence-electron chi connectivity index (χ2n) is 6.85. The lowest BCUT2D eigenvalue weighted by molar-refractivity contribution is -0.928. The monoisotopic (exact) mass is 270 g/mol. The summed E-state index contributed by atoms with van der Waals surface area (Å²) >= 11 is 0. The Labute approximate surface area is 118 Å². The molecule has 1 fully saturated rings. The number of carbonyl (C=O) groups is 1. The van der Waals surface area contributed by atoms with Crippen LogP contribution in [-0.2, 0) is 4.79 Å². The average Bonchev–Trinajstić information content (AvgIpc) is 2.27. The Morgan fingerprint density at radius 1 is 1.42 bits per heavy atom. The standard InChI is InChI=1S/C15H32N3O/c1-12(2)7-8-17-13(3)10-18(6,11-15(17)19)14(4)9-16-5/h12-14,16H,7-11H2,1-6H3/q+1. The molecule has 0 radical (unpaired) electrons. The van der Waals surface area contributed by atoms with Gasteiger partial charge in [0, 0.05) is 13.1 Å². The molecular weight excluding hydrogens is 238 g/mol. The molecule has 1 rings (SSSR count). The van der Waals surface area contributed by atoms with Gasteiger partial charge in [0.1, 0.15) is 0 Å². The van der Waals surface area contributed by atoms with Gasteiger partial charge in [-0.2, -0.15) is 0 Å². The van der Waals surface area contributed by atoms with E-state index < -0.39 is 0 Å². The van der Waals surface area contributed by atoms with Crippen molar-refractivity contribution in [3.05, 3.63) is 0 Å². The fraction of sp³-hybridized carbons (Fsp3) is 0.933. The van der Waals surface area contributed by atoms with Crippen LogP contribution >= 0.6 is 0 Å². The van der Waals surface area contributed by atoms with E-state index in [0.29, 0.717) is 30.5 Å². The van der Waals surface area contributed by atoms with Gasteiger partial charge in [0.2, 0.25) is 0 Å². The Bertz CT molecular complexity index is 306. The smallest absolute Gasteiger partial charge is 0.278 e. The Hall–Kier alpha value is -0.610. The van der Waals surface area contributed by atoms with E-state index in [0.717, 1.165) is 30.5 Å². The molecule has 4 heteroatoms. The van der Waals surface area contributed by atoms with Crippen molar-refractivity contribution >= 4 is 5.91 Å². The van der Waals surface area contributed by atoms with E-state index in [-0.39, 0.29) is 0 Å². The topological polar surface area (TPSA) is 32.3 Å². The quantitative estimate of drug-likeness (QED) is 0.738. The number of nitrogens with one attached hydrogen (secondary N) is 1. The number of nitrogens with zero attached hydrogens (tertiary/aromatic N) is 2. The van der Waals surface area contributed by atoms with Crippen molar-refractivity contribution in [3.63, 3.8) is 0 Å². The fourth-order valence-electron chi connectivity index (χ4n) is 3.01. The molecule has 0 spiro atoms. The summed E-state index contributed by atoms with van der Waals surface area (Å²) in [6, 6.07) is 0.827. The van der Waals surface area contributed by atoms with Crippen LogP contribution in [0, 0.1) is 5.92 Å². The first-order valence-corrected chi connectivity index (χ1v) is 7.58. The van der Waals surface area contributed by atoms with Crippen LogP contribution in [0.2, 0.25) is 0 Å². The maximum absolute atomic E-state index is 12.4. The molecule has 0 bridgehead atoms. The van der Waals surface area contributed by atoms with E-state index in [1.807, 2.05) is 7.05 Å². The molecule has 3 unspecified atom stereocenters. The summed E-state index contributed by atoms with van der Waals surface area (Å²) in [5, 5.41) is 3.23. The second kappa shape index (κ2) is 6.71. The highest BCUT2D eigenvalue weighted by Gasteiger charge is 2.41. The lowest BCUT2D eigenvalue weighted by Crippen LogP contribution is -2.67. The van der Waals surface area contributed by atoms with Crippen LogP contribution in [0.4, 0.5) is 0 Å². The van der Waals surface area contributed by atoms with Gasteiger partial charge >= 0.3 is 0 Å². The summed E-state index contributed by atoms with van der Waals surface area (Å²) < 4.78 is 0.860.